The molecule has 1 aliphatic rings. The lowest BCUT2D eigenvalue weighted by Crippen LogP contribution is -2.09. The van der Waals surface area contributed by atoms with Gasteiger partial charge in [-0.2, -0.15) is 0 Å². The second-order valence-electron chi connectivity index (χ2n) is 5.63. The molecule has 1 aliphatic carbocycles. The normalized spacial score (nSPS) is 18.1. The third-order valence-electron chi connectivity index (χ3n) is 3.93. The molecule has 0 radical (unpaired) electrons. The summed E-state index contributed by atoms with van der Waals surface area (Å²) in [5.41, 5.74) is 6.08. The Morgan fingerprint density at radius 3 is 2.70 bits per heavy atom. The predicted octanol–water partition coefficient (Wildman–Crippen LogP) is 3.88. The van der Waals surface area contributed by atoms with E-state index in [-0.39, 0.29) is 5.82 Å². The number of halogens is 1. The quantitative estimate of drug-likeness (QED) is 0.783. The fraction of sp³-hybridized carbons (Fsp3) is 0.625. The van der Waals surface area contributed by atoms with E-state index in [1.807, 2.05) is 6.07 Å². The molecule has 1 aromatic rings. The fourth-order valence-corrected chi connectivity index (χ4v) is 3.93. The van der Waals surface area contributed by atoms with E-state index in [9.17, 15) is 9.50 Å². The maximum atomic E-state index is 13.6. The van der Waals surface area contributed by atoms with Crippen molar-refractivity contribution in [1.82, 2.24) is 0 Å². The van der Waals surface area contributed by atoms with Crippen molar-refractivity contribution in [3.05, 3.63) is 29.6 Å². The largest absolute Gasteiger partial charge is 0.388 e. The lowest BCUT2D eigenvalue weighted by molar-refractivity contribution is 0.169. The molecule has 0 amide bonds. The van der Waals surface area contributed by atoms with E-state index in [4.69, 9.17) is 5.73 Å². The minimum Gasteiger partial charge on any atom is -0.388 e. The Morgan fingerprint density at radius 1 is 1.25 bits per heavy atom. The van der Waals surface area contributed by atoms with Crippen LogP contribution < -0.4 is 5.73 Å². The summed E-state index contributed by atoms with van der Waals surface area (Å²) >= 11 is 1.71. The molecule has 3 N–H and O–H groups in total. The van der Waals surface area contributed by atoms with Crippen molar-refractivity contribution >= 4 is 11.8 Å². The van der Waals surface area contributed by atoms with E-state index in [1.54, 1.807) is 17.8 Å². The summed E-state index contributed by atoms with van der Waals surface area (Å²) in [6.45, 7) is 0.405. The van der Waals surface area contributed by atoms with Crippen molar-refractivity contribution in [3.63, 3.8) is 0 Å². The lowest BCUT2D eigenvalue weighted by atomic mass is 9.91. The molecule has 0 heterocycles. The maximum Gasteiger partial charge on any atom is 0.124 e. The highest BCUT2D eigenvalue weighted by atomic mass is 32.2. The van der Waals surface area contributed by atoms with Crippen LogP contribution in [0.5, 0.6) is 0 Å². The Morgan fingerprint density at radius 2 is 2.00 bits per heavy atom. The summed E-state index contributed by atoms with van der Waals surface area (Å²) in [5.74, 6) is 1.54. The SMILES string of the molecule is NCCC(O)c1cc(F)cc(SCC2CCCCC2)c1. The van der Waals surface area contributed by atoms with Gasteiger partial charge in [-0.05, 0) is 55.5 Å². The fourth-order valence-electron chi connectivity index (χ4n) is 2.75. The zero-order chi connectivity index (χ0) is 14.4. The summed E-state index contributed by atoms with van der Waals surface area (Å²) in [7, 11) is 0. The van der Waals surface area contributed by atoms with Crippen LogP contribution >= 0.6 is 11.8 Å². The van der Waals surface area contributed by atoms with Gasteiger partial charge in [0.1, 0.15) is 5.82 Å². The van der Waals surface area contributed by atoms with Crippen LogP contribution in [0, 0.1) is 11.7 Å². The van der Waals surface area contributed by atoms with E-state index in [2.05, 4.69) is 0 Å². The lowest BCUT2D eigenvalue weighted by Gasteiger charge is -2.21. The first kappa shape index (κ1) is 15.8. The topological polar surface area (TPSA) is 46.2 Å². The van der Waals surface area contributed by atoms with E-state index >= 15 is 0 Å². The Kier molecular flexibility index (Phi) is 6.33. The van der Waals surface area contributed by atoms with E-state index < -0.39 is 6.10 Å². The second-order valence-corrected chi connectivity index (χ2v) is 6.72. The number of rotatable bonds is 6. The number of thioether (sulfide) groups is 1. The molecule has 2 nitrogen and oxygen atoms in total. The van der Waals surface area contributed by atoms with Gasteiger partial charge in [-0.3, -0.25) is 0 Å². The van der Waals surface area contributed by atoms with Crippen molar-refractivity contribution < 1.29 is 9.50 Å². The molecule has 112 valence electrons. The van der Waals surface area contributed by atoms with Crippen molar-refractivity contribution in [1.29, 1.82) is 0 Å². The molecule has 20 heavy (non-hydrogen) atoms. The molecule has 0 aromatic heterocycles. The van der Waals surface area contributed by atoms with Gasteiger partial charge in [-0.15, -0.1) is 11.8 Å². The standard InChI is InChI=1S/C16H24FNOS/c17-14-8-13(16(19)6-7-18)9-15(10-14)20-11-12-4-2-1-3-5-12/h8-10,12,16,19H,1-7,11,18H2. The molecule has 1 saturated carbocycles. The summed E-state index contributed by atoms with van der Waals surface area (Å²) < 4.78 is 13.6. The number of aliphatic hydroxyl groups is 1. The molecule has 1 unspecified atom stereocenters. The van der Waals surface area contributed by atoms with Crippen LogP contribution in [-0.4, -0.2) is 17.4 Å². The number of aliphatic hydroxyl groups excluding tert-OH is 1. The van der Waals surface area contributed by atoms with Crippen LogP contribution in [0.1, 0.15) is 50.2 Å². The van der Waals surface area contributed by atoms with Gasteiger partial charge in [0.05, 0.1) is 6.10 Å². The van der Waals surface area contributed by atoms with Crippen molar-refractivity contribution in [3.8, 4) is 0 Å². The molecule has 0 spiro atoms. The first-order valence-electron chi connectivity index (χ1n) is 7.50. The van der Waals surface area contributed by atoms with Gasteiger partial charge in [0.2, 0.25) is 0 Å². The number of nitrogens with two attached hydrogens (primary N) is 1. The Bertz CT molecular complexity index is 421. The highest BCUT2D eigenvalue weighted by molar-refractivity contribution is 7.99. The van der Waals surface area contributed by atoms with E-state index in [1.165, 1.54) is 38.2 Å². The number of hydrogen-bond acceptors (Lipinski definition) is 3. The van der Waals surface area contributed by atoms with Gasteiger partial charge in [-0.1, -0.05) is 19.3 Å². The zero-order valence-electron chi connectivity index (χ0n) is 11.9. The molecule has 1 fully saturated rings. The van der Waals surface area contributed by atoms with Gasteiger partial charge in [0, 0.05) is 10.6 Å². The molecule has 1 aromatic carbocycles. The van der Waals surface area contributed by atoms with Gasteiger partial charge in [0.25, 0.3) is 0 Å². The van der Waals surface area contributed by atoms with Crippen LogP contribution in [0.4, 0.5) is 4.39 Å². The first-order chi connectivity index (χ1) is 9.69. The van der Waals surface area contributed by atoms with Gasteiger partial charge in [0.15, 0.2) is 0 Å². The first-order valence-corrected chi connectivity index (χ1v) is 8.49. The van der Waals surface area contributed by atoms with Gasteiger partial charge < -0.3 is 10.8 Å². The molecule has 4 heteroatoms. The van der Waals surface area contributed by atoms with Crippen molar-refractivity contribution in [2.24, 2.45) is 11.7 Å². The maximum absolute atomic E-state index is 13.6. The molecular weight excluding hydrogens is 273 g/mol. The number of hydrogen-bond donors (Lipinski definition) is 2. The smallest absolute Gasteiger partial charge is 0.124 e. The minimum atomic E-state index is -0.662. The molecule has 2 rings (SSSR count). The summed E-state index contributed by atoms with van der Waals surface area (Å²) in [4.78, 5) is 0.918. The summed E-state index contributed by atoms with van der Waals surface area (Å²) in [6, 6.07) is 4.87. The van der Waals surface area contributed by atoms with Crippen LogP contribution in [0.15, 0.2) is 23.1 Å². The molecule has 0 aliphatic heterocycles. The highest BCUT2D eigenvalue weighted by Gasteiger charge is 2.15. The molecule has 1 atom stereocenters. The predicted molar refractivity (Wildman–Crippen MR) is 82.3 cm³/mol. The number of benzene rings is 1. The molecular formula is C16H24FNOS. The molecule has 0 saturated heterocycles. The zero-order valence-corrected chi connectivity index (χ0v) is 12.7. The highest BCUT2D eigenvalue weighted by Crippen LogP contribution is 2.31. The monoisotopic (exact) mass is 297 g/mol. The summed E-state index contributed by atoms with van der Waals surface area (Å²) in [6.07, 6.45) is 6.41. The van der Waals surface area contributed by atoms with Gasteiger partial charge >= 0.3 is 0 Å². The minimum absolute atomic E-state index is 0.273. The second kappa shape index (κ2) is 8.01. The third-order valence-corrected chi connectivity index (χ3v) is 5.14. The average Bonchev–Trinajstić information content (AvgIpc) is 2.46. The van der Waals surface area contributed by atoms with Crippen LogP contribution in [0.25, 0.3) is 0 Å². The average molecular weight is 297 g/mol. The third kappa shape index (κ3) is 4.76. The van der Waals surface area contributed by atoms with Gasteiger partial charge in [-0.25, -0.2) is 4.39 Å². The van der Waals surface area contributed by atoms with Crippen LogP contribution in [0.2, 0.25) is 0 Å². The molecule has 0 bridgehead atoms. The van der Waals surface area contributed by atoms with E-state index in [0.717, 1.165) is 16.6 Å². The van der Waals surface area contributed by atoms with Crippen LogP contribution in [0.3, 0.4) is 0 Å². The van der Waals surface area contributed by atoms with Crippen molar-refractivity contribution in [2.75, 3.05) is 12.3 Å². The van der Waals surface area contributed by atoms with Crippen LogP contribution in [-0.2, 0) is 0 Å². The summed E-state index contributed by atoms with van der Waals surface area (Å²) in [5, 5.41) is 9.93. The Labute approximate surface area is 124 Å². The Hall–Kier alpha value is -0.580. The van der Waals surface area contributed by atoms with Crippen molar-refractivity contribution in [2.45, 2.75) is 49.5 Å². The Balaban J connectivity index is 1.96. The van der Waals surface area contributed by atoms with E-state index in [0.29, 0.717) is 18.5 Å².